The van der Waals surface area contributed by atoms with Crippen molar-refractivity contribution in [2.45, 2.75) is 16.7 Å². The number of methoxy groups -OCH3 is 1. The van der Waals surface area contributed by atoms with Crippen molar-refractivity contribution in [2.24, 2.45) is 5.10 Å². The van der Waals surface area contributed by atoms with Gasteiger partial charge in [0, 0.05) is 15.4 Å². The van der Waals surface area contributed by atoms with Crippen LogP contribution in [0.4, 0.5) is 0 Å². The summed E-state index contributed by atoms with van der Waals surface area (Å²) in [4.78, 5) is 14.4. The second-order valence-electron chi connectivity index (χ2n) is 5.91. The van der Waals surface area contributed by atoms with Gasteiger partial charge in [-0.05, 0) is 61.0 Å². The highest BCUT2D eigenvalue weighted by molar-refractivity contribution is 7.99. The highest BCUT2D eigenvalue weighted by Gasteiger charge is 2.03. The lowest BCUT2D eigenvalue weighted by Crippen LogP contribution is -2.17. The number of hydrazone groups is 1. The van der Waals surface area contributed by atoms with Crippen LogP contribution in [0.2, 0.25) is 0 Å². The zero-order valence-corrected chi connectivity index (χ0v) is 16.0. The number of nitrogens with zero attached hydrogens (tertiary/aromatic N) is 1. The van der Waals surface area contributed by atoms with Gasteiger partial charge in [-0.15, -0.1) is 0 Å². The highest BCUT2D eigenvalue weighted by Crippen LogP contribution is 2.27. The molecule has 3 rings (SSSR count). The largest absolute Gasteiger partial charge is 0.497 e. The molecule has 136 valence electrons. The number of hydrogen-bond donors (Lipinski definition) is 1. The zero-order chi connectivity index (χ0) is 19.1. The summed E-state index contributed by atoms with van der Waals surface area (Å²) in [5.74, 6) is 0.444. The number of amides is 1. The third kappa shape index (κ3) is 5.46. The van der Waals surface area contributed by atoms with Crippen LogP contribution >= 0.6 is 11.8 Å². The Balaban J connectivity index is 1.55. The molecule has 0 saturated heterocycles. The molecular weight excluding hydrogens is 356 g/mol. The SMILES string of the molecule is COc1ccc(C(=O)N/N=C\c2ccc(Sc3ccc(C)cc3)cc2)cc1. The van der Waals surface area contributed by atoms with Crippen LogP contribution < -0.4 is 10.2 Å². The van der Waals surface area contributed by atoms with Gasteiger partial charge in [-0.3, -0.25) is 4.79 Å². The maximum Gasteiger partial charge on any atom is 0.271 e. The smallest absolute Gasteiger partial charge is 0.271 e. The molecule has 0 fully saturated rings. The van der Waals surface area contributed by atoms with Crippen molar-refractivity contribution in [2.75, 3.05) is 7.11 Å². The second kappa shape index (κ2) is 9.05. The fourth-order valence-corrected chi connectivity index (χ4v) is 3.15. The highest BCUT2D eigenvalue weighted by atomic mass is 32.2. The molecule has 0 aliphatic rings. The van der Waals surface area contributed by atoms with Crippen LogP contribution in [-0.2, 0) is 0 Å². The average molecular weight is 376 g/mol. The molecule has 5 heteroatoms. The van der Waals surface area contributed by atoms with Gasteiger partial charge in [0.2, 0.25) is 0 Å². The van der Waals surface area contributed by atoms with Crippen LogP contribution in [0.1, 0.15) is 21.5 Å². The van der Waals surface area contributed by atoms with Crippen LogP contribution in [0.3, 0.4) is 0 Å². The summed E-state index contributed by atoms with van der Waals surface area (Å²) in [5, 5.41) is 4.02. The van der Waals surface area contributed by atoms with Gasteiger partial charge in [-0.25, -0.2) is 5.43 Å². The lowest BCUT2D eigenvalue weighted by Gasteiger charge is -2.03. The van der Waals surface area contributed by atoms with E-state index in [-0.39, 0.29) is 5.91 Å². The minimum atomic E-state index is -0.263. The molecule has 3 aromatic carbocycles. The molecule has 0 aromatic heterocycles. The van der Waals surface area contributed by atoms with Gasteiger partial charge in [-0.1, -0.05) is 41.6 Å². The number of nitrogens with one attached hydrogen (secondary N) is 1. The first-order valence-corrected chi connectivity index (χ1v) is 9.28. The summed E-state index contributed by atoms with van der Waals surface area (Å²) < 4.78 is 5.08. The molecule has 3 aromatic rings. The van der Waals surface area contributed by atoms with E-state index in [4.69, 9.17) is 4.74 Å². The zero-order valence-electron chi connectivity index (χ0n) is 15.2. The maximum absolute atomic E-state index is 12.0. The average Bonchev–Trinajstić information content (AvgIpc) is 2.71. The van der Waals surface area contributed by atoms with Crippen LogP contribution in [0.25, 0.3) is 0 Å². The van der Waals surface area contributed by atoms with Crippen LogP contribution in [0.15, 0.2) is 87.7 Å². The van der Waals surface area contributed by atoms with Crippen molar-refractivity contribution in [3.8, 4) is 5.75 Å². The van der Waals surface area contributed by atoms with Crippen LogP contribution in [-0.4, -0.2) is 19.2 Å². The first-order valence-electron chi connectivity index (χ1n) is 8.46. The van der Waals surface area contributed by atoms with Crippen molar-refractivity contribution in [3.05, 3.63) is 89.5 Å². The topological polar surface area (TPSA) is 50.7 Å². The fraction of sp³-hybridized carbons (Fsp3) is 0.0909. The minimum absolute atomic E-state index is 0.263. The van der Waals surface area contributed by atoms with Crippen LogP contribution in [0.5, 0.6) is 5.75 Å². The summed E-state index contributed by atoms with van der Waals surface area (Å²) in [6.45, 7) is 2.08. The number of ether oxygens (including phenoxy) is 1. The molecule has 0 saturated carbocycles. The van der Waals surface area contributed by atoms with Gasteiger partial charge in [0.05, 0.1) is 13.3 Å². The Morgan fingerprint density at radius 3 is 2.11 bits per heavy atom. The Kier molecular flexibility index (Phi) is 6.28. The van der Waals surface area contributed by atoms with E-state index in [0.29, 0.717) is 11.3 Å². The molecule has 27 heavy (non-hydrogen) atoms. The minimum Gasteiger partial charge on any atom is -0.497 e. The van der Waals surface area contributed by atoms with E-state index in [0.717, 1.165) is 10.5 Å². The molecule has 0 unspecified atom stereocenters. The molecule has 0 aliphatic carbocycles. The molecule has 1 N–H and O–H groups in total. The number of carbonyl (C=O) groups excluding carboxylic acids is 1. The number of benzene rings is 3. The monoisotopic (exact) mass is 376 g/mol. The Morgan fingerprint density at radius 2 is 1.52 bits per heavy atom. The standard InChI is InChI=1S/C22H20N2O2S/c1-16-3-11-20(12-4-16)27-21-13-5-17(6-14-21)15-23-24-22(25)18-7-9-19(26-2)10-8-18/h3-15H,1-2H3,(H,24,25)/b23-15-. The van der Waals surface area contributed by atoms with E-state index < -0.39 is 0 Å². The van der Waals surface area contributed by atoms with Gasteiger partial charge in [0.25, 0.3) is 5.91 Å². The molecule has 1 amide bonds. The van der Waals surface area contributed by atoms with E-state index in [1.54, 1.807) is 49.4 Å². The third-order valence-electron chi connectivity index (χ3n) is 3.87. The summed E-state index contributed by atoms with van der Waals surface area (Å²) in [6, 6.07) is 23.3. The number of hydrogen-bond acceptors (Lipinski definition) is 4. The van der Waals surface area contributed by atoms with Gasteiger partial charge < -0.3 is 4.74 Å². The van der Waals surface area contributed by atoms with E-state index in [2.05, 4.69) is 41.7 Å². The van der Waals surface area contributed by atoms with Gasteiger partial charge in [-0.2, -0.15) is 5.10 Å². The Morgan fingerprint density at radius 1 is 0.926 bits per heavy atom. The molecule has 0 bridgehead atoms. The molecule has 0 aliphatic heterocycles. The number of aryl methyl sites for hydroxylation is 1. The maximum atomic E-state index is 12.0. The third-order valence-corrected chi connectivity index (χ3v) is 4.88. The lowest BCUT2D eigenvalue weighted by molar-refractivity contribution is 0.0955. The van der Waals surface area contributed by atoms with Crippen molar-refractivity contribution < 1.29 is 9.53 Å². The summed E-state index contributed by atoms with van der Waals surface area (Å²) in [7, 11) is 1.59. The van der Waals surface area contributed by atoms with Crippen LogP contribution in [0, 0.1) is 6.92 Å². The van der Waals surface area contributed by atoms with E-state index >= 15 is 0 Å². The second-order valence-corrected chi connectivity index (χ2v) is 7.06. The lowest BCUT2D eigenvalue weighted by atomic mass is 10.2. The van der Waals surface area contributed by atoms with E-state index in [9.17, 15) is 4.79 Å². The molecule has 0 atom stereocenters. The molecule has 0 spiro atoms. The van der Waals surface area contributed by atoms with Gasteiger partial charge >= 0.3 is 0 Å². The fourth-order valence-electron chi connectivity index (χ4n) is 2.34. The Labute approximate surface area is 163 Å². The molecular formula is C22H20N2O2S. The number of rotatable bonds is 6. The summed E-state index contributed by atoms with van der Waals surface area (Å²) in [6.07, 6.45) is 1.63. The van der Waals surface area contributed by atoms with Crippen molar-refractivity contribution in [1.82, 2.24) is 5.43 Å². The van der Waals surface area contributed by atoms with Gasteiger partial charge in [0.15, 0.2) is 0 Å². The van der Waals surface area contributed by atoms with E-state index in [1.165, 1.54) is 10.5 Å². The summed E-state index contributed by atoms with van der Waals surface area (Å²) >= 11 is 1.71. The molecule has 0 heterocycles. The van der Waals surface area contributed by atoms with E-state index in [1.807, 2.05) is 24.3 Å². The summed E-state index contributed by atoms with van der Waals surface area (Å²) in [5.41, 5.74) is 5.22. The van der Waals surface area contributed by atoms with Crippen molar-refractivity contribution >= 4 is 23.9 Å². The first kappa shape index (κ1) is 18.7. The quantitative estimate of drug-likeness (QED) is 0.491. The molecule has 4 nitrogen and oxygen atoms in total. The molecule has 0 radical (unpaired) electrons. The van der Waals surface area contributed by atoms with Crippen molar-refractivity contribution in [1.29, 1.82) is 0 Å². The van der Waals surface area contributed by atoms with Crippen molar-refractivity contribution in [3.63, 3.8) is 0 Å². The van der Waals surface area contributed by atoms with Gasteiger partial charge in [0.1, 0.15) is 5.75 Å². The Hall–Kier alpha value is -3.05. The predicted molar refractivity (Wildman–Crippen MR) is 110 cm³/mol. The number of carbonyl (C=O) groups is 1. The normalized spacial score (nSPS) is 10.7. The Bertz CT molecular complexity index is 918. The predicted octanol–water partition coefficient (Wildman–Crippen LogP) is 4.92. The first-order chi connectivity index (χ1) is 13.1.